The Morgan fingerprint density at radius 1 is 1.00 bits per heavy atom. The number of nitrogens with one attached hydrogen (secondary N) is 3. The molecule has 6 rings (SSSR count). The molecule has 328 valence electrons. The molecular formula is C44H50N6O11S. The normalized spacial score (nSPS) is 20.4. The second-order valence-corrected chi connectivity index (χ2v) is 19.0. The molecule has 5 atom stereocenters. The van der Waals surface area contributed by atoms with Gasteiger partial charge in [0.1, 0.15) is 40.8 Å². The van der Waals surface area contributed by atoms with Crippen molar-refractivity contribution in [1.82, 2.24) is 25.2 Å². The Morgan fingerprint density at radius 2 is 1.68 bits per heavy atom. The first-order chi connectivity index (χ1) is 29.1. The minimum atomic E-state index is -4.81. The topological polar surface area (TPSA) is 225 Å². The fraction of sp³-hybridized carbons (Fsp3) is 0.386. The quantitative estimate of drug-likeness (QED) is 0.0839. The number of amides is 4. The molecule has 2 aliphatic rings. The Balaban J connectivity index is 1.36. The molecule has 3 N–H and O–H groups in total. The Morgan fingerprint density at radius 3 is 2.29 bits per heavy atom. The summed E-state index contributed by atoms with van der Waals surface area (Å²) in [5.41, 5.74) is -2.44. The maximum atomic E-state index is 14.8. The predicted octanol–water partition coefficient (Wildman–Crippen LogP) is 5.67. The molecule has 1 saturated heterocycles. The Hall–Kier alpha value is -6.56. The van der Waals surface area contributed by atoms with Gasteiger partial charge in [-0.3, -0.25) is 24.5 Å². The number of nitro groups is 1. The van der Waals surface area contributed by atoms with Gasteiger partial charge in [0.2, 0.25) is 11.8 Å². The number of aromatic nitrogens is 1. The summed E-state index contributed by atoms with van der Waals surface area (Å²) in [6, 6.07) is 18.5. The summed E-state index contributed by atoms with van der Waals surface area (Å²) in [6.07, 6.45) is -0.443. The Labute approximate surface area is 359 Å². The lowest BCUT2D eigenvalue weighted by molar-refractivity contribution is -0.387. The van der Waals surface area contributed by atoms with Crippen LogP contribution in [0.1, 0.15) is 54.4 Å². The van der Waals surface area contributed by atoms with Crippen LogP contribution < -0.4 is 24.8 Å². The van der Waals surface area contributed by atoms with Crippen molar-refractivity contribution in [2.75, 3.05) is 13.7 Å². The first kappa shape index (κ1) is 45.0. The molecule has 3 aromatic carbocycles. The lowest BCUT2D eigenvalue weighted by Crippen LogP contribution is -2.60. The van der Waals surface area contributed by atoms with Gasteiger partial charge in [0, 0.05) is 41.5 Å². The van der Waals surface area contributed by atoms with Gasteiger partial charge < -0.3 is 29.7 Å². The van der Waals surface area contributed by atoms with E-state index in [1.54, 1.807) is 72.9 Å². The van der Waals surface area contributed by atoms with E-state index in [-0.39, 0.29) is 19.4 Å². The van der Waals surface area contributed by atoms with Crippen LogP contribution in [0, 0.1) is 21.4 Å². The molecular weight excluding hydrogens is 821 g/mol. The van der Waals surface area contributed by atoms with Crippen molar-refractivity contribution in [3.8, 4) is 22.8 Å². The number of methoxy groups -OCH3 is 1. The van der Waals surface area contributed by atoms with Gasteiger partial charge in [0.25, 0.3) is 21.6 Å². The standard InChI is InChI=1S/C44H50N6O11S/c1-9-27-24-44(27,40(53)48-62(57,58)36-18-14-13-17-33(36)50(55)56)47-38(51)34-22-29(25-49(34)39(52)37(42(2,3)4)46-41(54)61-43(5,6)7)60-35-23-31(26-15-11-10-12-16-26)45-32-21-28(59-8)19-20-30(32)35/h9-21,23,27,29,34,37H,1,22,24-25H2,2-8H3,(H,46,54)(H,47,51)(H,48,53)/t27?,29-,34+,37-,44-/m1/s1. The predicted molar refractivity (Wildman–Crippen MR) is 228 cm³/mol. The van der Waals surface area contributed by atoms with E-state index in [0.29, 0.717) is 28.1 Å². The second-order valence-electron chi connectivity index (χ2n) is 17.3. The average Bonchev–Trinajstić information content (AvgIpc) is 3.77. The lowest BCUT2D eigenvalue weighted by Gasteiger charge is -2.36. The summed E-state index contributed by atoms with van der Waals surface area (Å²) in [5.74, 6) is -2.38. The Bertz CT molecular complexity index is 2540. The van der Waals surface area contributed by atoms with E-state index in [2.05, 4.69) is 17.2 Å². The minimum Gasteiger partial charge on any atom is -0.497 e. The molecule has 1 saturated carbocycles. The van der Waals surface area contributed by atoms with Gasteiger partial charge in [-0.05, 0) is 50.8 Å². The third-order valence-electron chi connectivity index (χ3n) is 10.6. The Kier molecular flexibility index (Phi) is 12.4. The SMILES string of the molecule is C=CC1C[C@]1(NC(=O)[C@@H]1C[C@@H](Oc2cc(-c3ccccc3)nc3cc(OC)ccc23)CN1C(=O)[C@@H](NC(=O)OC(C)(C)C)C(C)(C)C)C(=O)NS(=O)(=O)c1ccccc1[N+](=O)[O-]. The fourth-order valence-electron chi connectivity index (χ4n) is 7.39. The largest absolute Gasteiger partial charge is 0.497 e. The first-order valence-corrected chi connectivity index (χ1v) is 21.3. The molecule has 0 spiro atoms. The average molecular weight is 871 g/mol. The maximum Gasteiger partial charge on any atom is 0.408 e. The van der Waals surface area contributed by atoms with E-state index >= 15 is 0 Å². The number of nitro benzene ring substituents is 1. The summed E-state index contributed by atoms with van der Waals surface area (Å²) >= 11 is 0. The highest BCUT2D eigenvalue weighted by Crippen LogP contribution is 2.45. The molecule has 1 aliphatic heterocycles. The molecule has 2 fully saturated rings. The number of pyridine rings is 1. The van der Waals surface area contributed by atoms with Crippen molar-refractivity contribution in [1.29, 1.82) is 0 Å². The number of carbonyl (C=O) groups excluding carboxylic acids is 4. The number of para-hydroxylation sites is 1. The molecule has 17 nitrogen and oxygen atoms in total. The van der Waals surface area contributed by atoms with E-state index in [0.717, 1.165) is 17.7 Å². The van der Waals surface area contributed by atoms with Gasteiger partial charge >= 0.3 is 6.09 Å². The van der Waals surface area contributed by atoms with Crippen LogP contribution in [-0.2, 0) is 29.1 Å². The van der Waals surface area contributed by atoms with Gasteiger partial charge in [-0.2, -0.15) is 0 Å². The van der Waals surface area contributed by atoms with Gasteiger partial charge in [-0.15, -0.1) is 6.58 Å². The van der Waals surface area contributed by atoms with Crippen molar-refractivity contribution in [2.45, 2.75) is 88.6 Å². The summed E-state index contributed by atoms with van der Waals surface area (Å²) in [5, 5.41) is 17.7. The summed E-state index contributed by atoms with van der Waals surface area (Å²) in [6.45, 7) is 13.9. The molecule has 0 radical (unpaired) electrons. The maximum absolute atomic E-state index is 14.8. The number of nitrogens with zero attached hydrogens (tertiary/aromatic N) is 3. The first-order valence-electron chi connectivity index (χ1n) is 19.8. The number of carbonyl (C=O) groups is 4. The second kappa shape index (κ2) is 17.1. The van der Waals surface area contributed by atoms with Crippen molar-refractivity contribution in [3.63, 3.8) is 0 Å². The molecule has 1 unspecified atom stereocenters. The van der Waals surface area contributed by atoms with Crippen LogP contribution in [-0.4, -0.2) is 90.0 Å². The lowest BCUT2D eigenvalue weighted by atomic mass is 9.85. The number of ether oxygens (including phenoxy) is 3. The highest BCUT2D eigenvalue weighted by molar-refractivity contribution is 7.90. The van der Waals surface area contributed by atoms with Crippen molar-refractivity contribution >= 4 is 50.4 Å². The van der Waals surface area contributed by atoms with Gasteiger partial charge in [-0.25, -0.2) is 22.9 Å². The number of hydrogen-bond donors (Lipinski definition) is 3. The van der Waals surface area contributed by atoms with E-state index in [1.165, 1.54) is 23.1 Å². The molecule has 0 bridgehead atoms. The summed E-state index contributed by atoms with van der Waals surface area (Å²) in [7, 11) is -3.27. The van der Waals surface area contributed by atoms with E-state index in [1.807, 2.05) is 35.1 Å². The molecule has 1 aliphatic carbocycles. The number of likely N-dealkylation sites (tertiary alicyclic amines) is 1. The number of sulfonamides is 1. The zero-order valence-corrected chi connectivity index (χ0v) is 36.3. The van der Waals surface area contributed by atoms with Crippen LogP contribution in [0.5, 0.6) is 11.5 Å². The van der Waals surface area contributed by atoms with E-state index in [9.17, 15) is 37.7 Å². The van der Waals surface area contributed by atoms with E-state index < -0.39 is 90.0 Å². The van der Waals surface area contributed by atoms with Crippen LogP contribution >= 0.6 is 0 Å². The third kappa shape index (κ3) is 9.64. The zero-order valence-electron chi connectivity index (χ0n) is 35.5. The zero-order chi connectivity index (χ0) is 45.4. The van der Waals surface area contributed by atoms with Crippen molar-refractivity contribution in [2.24, 2.45) is 11.3 Å². The molecule has 4 amide bonds. The molecule has 1 aromatic heterocycles. The fourth-order valence-corrected chi connectivity index (χ4v) is 8.60. The van der Waals surface area contributed by atoms with E-state index in [4.69, 9.17) is 19.2 Å². The van der Waals surface area contributed by atoms with Gasteiger partial charge in [0.15, 0.2) is 4.90 Å². The summed E-state index contributed by atoms with van der Waals surface area (Å²) in [4.78, 5) is 72.6. The van der Waals surface area contributed by atoms with Crippen LogP contribution in [0.2, 0.25) is 0 Å². The molecule has 2 heterocycles. The number of rotatable bonds is 13. The molecule has 18 heteroatoms. The van der Waals surface area contributed by atoms with Crippen LogP contribution in [0.15, 0.2) is 96.4 Å². The number of alkyl carbamates (subject to hydrolysis) is 1. The molecule has 4 aromatic rings. The van der Waals surface area contributed by atoms with Crippen molar-refractivity contribution < 1.29 is 46.7 Å². The highest BCUT2D eigenvalue weighted by Gasteiger charge is 2.62. The molecule has 62 heavy (non-hydrogen) atoms. The number of benzene rings is 3. The van der Waals surface area contributed by atoms with Crippen LogP contribution in [0.25, 0.3) is 22.2 Å². The number of fused-ring (bicyclic) bond motifs is 1. The third-order valence-corrected chi connectivity index (χ3v) is 12.0. The summed E-state index contributed by atoms with van der Waals surface area (Å²) < 4.78 is 46.4. The minimum absolute atomic E-state index is 0.0549. The smallest absolute Gasteiger partial charge is 0.408 e. The van der Waals surface area contributed by atoms with Crippen LogP contribution in [0.4, 0.5) is 10.5 Å². The monoisotopic (exact) mass is 870 g/mol. The number of hydrogen-bond acceptors (Lipinski definition) is 12. The van der Waals surface area contributed by atoms with Gasteiger partial charge in [-0.1, -0.05) is 69.3 Å². The van der Waals surface area contributed by atoms with Crippen molar-refractivity contribution in [3.05, 3.63) is 102 Å². The van der Waals surface area contributed by atoms with Gasteiger partial charge in [0.05, 0.1) is 29.8 Å². The van der Waals surface area contributed by atoms with Crippen LogP contribution in [0.3, 0.4) is 0 Å². The highest BCUT2D eigenvalue weighted by atomic mass is 32.2.